The van der Waals surface area contributed by atoms with Gasteiger partial charge in [0.25, 0.3) is 5.88 Å². The van der Waals surface area contributed by atoms with Crippen molar-refractivity contribution in [2.75, 3.05) is 7.11 Å². The maximum absolute atomic E-state index is 11.0. The van der Waals surface area contributed by atoms with Gasteiger partial charge in [0, 0.05) is 23.8 Å². The first-order chi connectivity index (χ1) is 9.60. The number of aromatic nitrogens is 1. The topological polar surface area (TPSA) is 74.5 Å². The molecular weight excluding hydrogens is 328 g/mol. The maximum atomic E-state index is 11.0. The fraction of sp³-hybridized carbons (Fsp3) is 0.154. The van der Waals surface area contributed by atoms with Crippen molar-refractivity contribution in [3.8, 4) is 11.6 Å². The van der Waals surface area contributed by atoms with Crippen molar-refractivity contribution < 1.29 is 14.4 Å². The number of hydrogen-bond acceptors (Lipinski definition) is 5. The monoisotopic (exact) mass is 338 g/mol. The Morgan fingerprint density at radius 1 is 1.40 bits per heavy atom. The lowest BCUT2D eigenvalue weighted by molar-refractivity contribution is -0.386. The molecule has 20 heavy (non-hydrogen) atoms. The summed E-state index contributed by atoms with van der Waals surface area (Å²) in [7, 11) is 1.59. The Morgan fingerprint density at radius 2 is 2.20 bits per heavy atom. The van der Waals surface area contributed by atoms with Crippen molar-refractivity contribution in [1.82, 2.24) is 4.98 Å². The molecule has 0 aliphatic rings. The van der Waals surface area contributed by atoms with Gasteiger partial charge in [-0.05, 0) is 33.6 Å². The van der Waals surface area contributed by atoms with Gasteiger partial charge >= 0.3 is 5.69 Å². The molecule has 0 N–H and O–H groups in total. The normalized spacial score (nSPS) is 10.3. The smallest absolute Gasteiger partial charge is 0.332 e. The van der Waals surface area contributed by atoms with E-state index in [0.717, 1.165) is 5.56 Å². The van der Waals surface area contributed by atoms with Crippen molar-refractivity contribution in [2.45, 2.75) is 6.61 Å². The molecule has 0 aliphatic heterocycles. The molecule has 2 aromatic rings. The molecule has 0 spiro atoms. The summed E-state index contributed by atoms with van der Waals surface area (Å²) in [6, 6.07) is 8.46. The zero-order valence-electron chi connectivity index (χ0n) is 10.6. The van der Waals surface area contributed by atoms with E-state index in [4.69, 9.17) is 9.47 Å². The SMILES string of the molecule is COCc1cccc(Oc2ncc(Br)cc2[N+](=O)[O-])c1. The minimum atomic E-state index is -0.536. The van der Waals surface area contributed by atoms with Gasteiger partial charge in [-0.2, -0.15) is 0 Å². The predicted molar refractivity (Wildman–Crippen MR) is 75.8 cm³/mol. The van der Waals surface area contributed by atoms with Gasteiger partial charge in [0.05, 0.1) is 11.5 Å². The Balaban J connectivity index is 2.30. The van der Waals surface area contributed by atoms with Crippen LogP contribution in [0.4, 0.5) is 5.69 Å². The number of hydrogen-bond donors (Lipinski definition) is 0. The van der Waals surface area contributed by atoms with Crippen LogP contribution in [0.3, 0.4) is 0 Å². The third-order valence-electron chi connectivity index (χ3n) is 2.42. The van der Waals surface area contributed by atoms with Gasteiger partial charge in [0.1, 0.15) is 5.75 Å². The van der Waals surface area contributed by atoms with Crippen molar-refractivity contribution in [1.29, 1.82) is 0 Å². The molecule has 0 bridgehead atoms. The fourth-order valence-electron chi connectivity index (χ4n) is 1.60. The number of pyridine rings is 1. The van der Waals surface area contributed by atoms with Crippen molar-refractivity contribution in [2.24, 2.45) is 0 Å². The highest BCUT2D eigenvalue weighted by atomic mass is 79.9. The Kier molecular flexibility index (Phi) is 4.65. The van der Waals surface area contributed by atoms with Crippen LogP contribution < -0.4 is 4.74 Å². The van der Waals surface area contributed by atoms with Crippen molar-refractivity contribution in [3.63, 3.8) is 0 Å². The van der Waals surface area contributed by atoms with Gasteiger partial charge in [-0.3, -0.25) is 10.1 Å². The van der Waals surface area contributed by atoms with Crippen LogP contribution in [-0.2, 0) is 11.3 Å². The average molecular weight is 339 g/mol. The van der Waals surface area contributed by atoms with E-state index >= 15 is 0 Å². The van der Waals surface area contributed by atoms with E-state index in [1.807, 2.05) is 6.07 Å². The Labute approximate surface area is 123 Å². The largest absolute Gasteiger partial charge is 0.434 e. The highest BCUT2D eigenvalue weighted by molar-refractivity contribution is 9.10. The highest BCUT2D eigenvalue weighted by Crippen LogP contribution is 2.31. The van der Waals surface area contributed by atoms with Gasteiger partial charge in [0.15, 0.2) is 0 Å². The average Bonchev–Trinajstić information content (AvgIpc) is 2.41. The van der Waals surface area contributed by atoms with Gasteiger partial charge in [-0.1, -0.05) is 12.1 Å². The number of benzene rings is 1. The van der Waals surface area contributed by atoms with E-state index < -0.39 is 4.92 Å². The molecule has 0 saturated carbocycles. The van der Waals surface area contributed by atoms with Crippen LogP contribution in [0.2, 0.25) is 0 Å². The zero-order valence-corrected chi connectivity index (χ0v) is 12.2. The molecule has 104 valence electrons. The second kappa shape index (κ2) is 6.44. The highest BCUT2D eigenvalue weighted by Gasteiger charge is 2.18. The molecule has 0 aliphatic carbocycles. The van der Waals surface area contributed by atoms with E-state index in [2.05, 4.69) is 20.9 Å². The summed E-state index contributed by atoms with van der Waals surface area (Å²) >= 11 is 3.14. The third-order valence-corrected chi connectivity index (χ3v) is 2.85. The first-order valence-corrected chi connectivity index (χ1v) is 6.45. The molecule has 7 heteroatoms. The number of halogens is 1. The molecule has 6 nitrogen and oxygen atoms in total. The molecule has 0 amide bonds. The van der Waals surface area contributed by atoms with Crippen molar-refractivity contribution in [3.05, 3.63) is 56.7 Å². The first kappa shape index (κ1) is 14.4. The number of ether oxygens (including phenoxy) is 2. The lowest BCUT2D eigenvalue weighted by Gasteiger charge is -2.07. The quantitative estimate of drug-likeness (QED) is 0.613. The van der Waals surface area contributed by atoms with Crippen LogP contribution in [-0.4, -0.2) is 17.0 Å². The molecule has 0 atom stereocenters. The van der Waals surface area contributed by atoms with Crippen LogP contribution in [0.15, 0.2) is 41.0 Å². The summed E-state index contributed by atoms with van der Waals surface area (Å²) in [5.41, 5.74) is 0.710. The molecule has 1 aromatic carbocycles. The van der Waals surface area contributed by atoms with E-state index in [-0.39, 0.29) is 11.6 Å². The molecule has 0 radical (unpaired) electrons. The van der Waals surface area contributed by atoms with Crippen molar-refractivity contribution >= 4 is 21.6 Å². The van der Waals surface area contributed by atoms with Crippen LogP contribution in [0.25, 0.3) is 0 Å². The lowest BCUT2D eigenvalue weighted by atomic mass is 10.2. The number of rotatable bonds is 5. The Hall–Kier alpha value is -1.99. The summed E-state index contributed by atoms with van der Waals surface area (Å²) in [5.74, 6) is 0.422. The van der Waals surface area contributed by atoms with Crippen LogP contribution in [0, 0.1) is 10.1 Å². The van der Waals surface area contributed by atoms with Crippen LogP contribution >= 0.6 is 15.9 Å². The summed E-state index contributed by atoms with van der Waals surface area (Å²) in [4.78, 5) is 14.4. The second-order valence-corrected chi connectivity index (χ2v) is 4.83. The standard InChI is InChI=1S/C13H11BrN2O4/c1-19-8-9-3-2-4-11(5-9)20-13-12(16(17)18)6-10(14)7-15-13/h2-7H,8H2,1H3. The summed E-state index contributed by atoms with van der Waals surface area (Å²) in [6.45, 7) is 0.438. The number of nitro groups is 1. The van der Waals surface area contributed by atoms with E-state index in [9.17, 15) is 10.1 Å². The van der Waals surface area contributed by atoms with E-state index in [0.29, 0.717) is 16.8 Å². The molecule has 0 saturated heterocycles. The molecule has 1 heterocycles. The minimum absolute atomic E-state index is 0.0484. The third kappa shape index (κ3) is 3.52. The summed E-state index contributed by atoms with van der Waals surface area (Å²) in [6.07, 6.45) is 1.45. The summed E-state index contributed by atoms with van der Waals surface area (Å²) < 4.78 is 11.0. The number of nitrogens with zero attached hydrogens (tertiary/aromatic N) is 2. The molecule has 2 rings (SSSR count). The van der Waals surface area contributed by atoms with Gasteiger partial charge in [-0.25, -0.2) is 4.98 Å². The van der Waals surface area contributed by atoms with Gasteiger partial charge < -0.3 is 9.47 Å². The zero-order chi connectivity index (χ0) is 14.5. The lowest BCUT2D eigenvalue weighted by Crippen LogP contribution is -1.96. The molecule has 0 fully saturated rings. The Morgan fingerprint density at radius 3 is 2.90 bits per heavy atom. The predicted octanol–water partition coefficient (Wildman–Crippen LogP) is 3.69. The molecule has 1 aromatic heterocycles. The van der Waals surface area contributed by atoms with Crippen LogP contribution in [0.5, 0.6) is 11.6 Å². The van der Waals surface area contributed by atoms with Crippen LogP contribution in [0.1, 0.15) is 5.56 Å². The molecular formula is C13H11BrN2O4. The van der Waals surface area contributed by atoms with Gasteiger partial charge in [-0.15, -0.1) is 0 Å². The van der Waals surface area contributed by atoms with Gasteiger partial charge in [0.2, 0.25) is 0 Å². The first-order valence-electron chi connectivity index (χ1n) is 5.66. The van der Waals surface area contributed by atoms with E-state index in [1.54, 1.807) is 25.3 Å². The fourth-order valence-corrected chi connectivity index (χ4v) is 1.92. The Bertz CT molecular complexity index is 634. The second-order valence-electron chi connectivity index (χ2n) is 3.92. The molecule has 0 unspecified atom stereocenters. The summed E-state index contributed by atoms with van der Waals surface area (Å²) in [5, 5.41) is 11.0. The van der Waals surface area contributed by atoms with E-state index in [1.165, 1.54) is 12.3 Å². The number of methoxy groups -OCH3 is 1. The maximum Gasteiger partial charge on any atom is 0.332 e. The minimum Gasteiger partial charge on any atom is -0.434 e.